The summed E-state index contributed by atoms with van der Waals surface area (Å²) in [6.07, 6.45) is 3.34. The Morgan fingerprint density at radius 1 is 1.11 bits per heavy atom. The monoisotopic (exact) mass is 431 g/mol. The summed E-state index contributed by atoms with van der Waals surface area (Å²) in [5.74, 6) is -0.665. The van der Waals surface area contributed by atoms with E-state index < -0.39 is 0 Å². The van der Waals surface area contributed by atoms with Gasteiger partial charge in [-0.15, -0.1) is 0 Å². The normalized spacial score (nSPS) is 11.0. The third-order valence-electron chi connectivity index (χ3n) is 3.99. The van der Waals surface area contributed by atoms with E-state index in [1.165, 1.54) is 28.4 Å². The fourth-order valence-corrected chi connectivity index (χ4v) is 4.25. The van der Waals surface area contributed by atoms with Gasteiger partial charge in [-0.2, -0.15) is 0 Å². The van der Waals surface area contributed by atoms with Crippen LogP contribution in [0.15, 0.2) is 60.9 Å². The van der Waals surface area contributed by atoms with Crippen LogP contribution in [0, 0.1) is 5.82 Å². The van der Waals surface area contributed by atoms with Crippen molar-refractivity contribution in [1.29, 1.82) is 0 Å². The van der Waals surface area contributed by atoms with Crippen molar-refractivity contribution in [3.63, 3.8) is 0 Å². The van der Waals surface area contributed by atoms with Crippen molar-refractivity contribution < 1.29 is 9.18 Å². The molecule has 0 aliphatic heterocycles. The molecule has 0 N–H and O–H groups in total. The Bertz CT molecular complexity index is 1150. The summed E-state index contributed by atoms with van der Waals surface area (Å²) in [4.78, 5) is 23.4. The average molecular weight is 432 g/mol. The highest BCUT2D eigenvalue weighted by atomic mass is 35.5. The highest BCUT2D eigenvalue weighted by Gasteiger charge is 2.22. The van der Waals surface area contributed by atoms with E-state index >= 15 is 0 Å². The van der Waals surface area contributed by atoms with Gasteiger partial charge in [0.05, 0.1) is 16.8 Å². The van der Waals surface area contributed by atoms with Crippen LogP contribution in [0.3, 0.4) is 0 Å². The lowest BCUT2D eigenvalue weighted by molar-refractivity contribution is 0.0985. The molecule has 8 heteroatoms. The number of fused-ring (bicyclic) bond motifs is 1. The van der Waals surface area contributed by atoms with Crippen LogP contribution in [-0.4, -0.2) is 15.9 Å². The van der Waals surface area contributed by atoms with Gasteiger partial charge in [0.2, 0.25) is 0 Å². The number of carbonyl (C=O) groups is 1. The number of hydrogen-bond donors (Lipinski definition) is 0. The molecule has 2 aromatic heterocycles. The second-order valence-electron chi connectivity index (χ2n) is 6.02. The van der Waals surface area contributed by atoms with E-state index in [0.29, 0.717) is 31.0 Å². The van der Waals surface area contributed by atoms with Gasteiger partial charge in [0.1, 0.15) is 5.82 Å². The molecule has 4 rings (SSSR count). The summed E-state index contributed by atoms with van der Waals surface area (Å²) in [5, 5.41) is 1.18. The third-order valence-corrected chi connectivity index (χ3v) is 5.47. The predicted octanol–water partition coefficient (Wildman–Crippen LogP) is 5.98. The molecule has 28 heavy (non-hydrogen) atoms. The quantitative estimate of drug-likeness (QED) is 0.398. The van der Waals surface area contributed by atoms with Gasteiger partial charge in [0.15, 0.2) is 5.13 Å². The van der Waals surface area contributed by atoms with Crippen LogP contribution in [-0.2, 0) is 6.54 Å². The smallest absolute Gasteiger partial charge is 0.260 e. The summed E-state index contributed by atoms with van der Waals surface area (Å²) in [6, 6.07) is 12.7. The maximum Gasteiger partial charge on any atom is 0.260 e. The van der Waals surface area contributed by atoms with E-state index in [1.54, 1.807) is 42.7 Å². The van der Waals surface area contributed by atoms with Crippen molar-refractivity contribution in [1.82, 2.24) is 9.97 Å². The molecule has 140 valence electrons. The van der Waals surface area contributed by atoms with E-state index in [-0.39, 0.29) is 18.3 Å². The van der Waals surface area contributed by atoms with Crippen LogP contribution in [0.5, 0.6) is 0 Å². The van der Waals surface area contributed by atoms with Gasteiger partial charge < -0.3 is 0 Å². The summed E-state index contributed by atoms with van der Waals surface area (Å²) >= 11 is 13.4. The van der Waals surface area contributed by atoms with Crippen LogP contribution >= 0.6 is 34.5 Å². The van der Waals surface area contributed by atoms with Crippen LogP contribution in [0.2, 0.25) is 10.0 Å². The molecular weight excluding hydrogens is 420 g/mol. The summed E-state index contributed by atoms with van der Waals surface area (Å²) in [5.41, 5.74) is 1.79. The number of carbonyl (C=O) groups excluding carboxylic acids is 1. The second kappa shape index (κ2) is 7.83. The number of hydrogen-bond acceptors (Lipinski definition) is 4. The minimum atomic E-state index is -0.352. The lowest BCUT2D eigenvalue weighted by atomic mass is 10.2. The first-order valence-electron chi connectivity index (χ1n) is 8.22. The third kappa shape index (κ3) is 3.99. The Kier molecular flexibility index (Phi) is 5.26. The van der Waals surface area contributed by atoms with Crippen molar-refractivity contribution in [2.45, 2.75) is 6.54 Å². The number of thiazole rings is 1. The molecular formula is C20H12Cl2FN3OS. The first kappa shape index (κ1) is 18.8. The Morgan fingerprint density at radius 2 is 1.89 bits per heavy atom. The fraction of sp³-hybridized carbons (Fsp3) is 0.0500. The highest BCUT2D eigenvalue weighted by Crippen LogP contribution is 2.32. The molecule has 0 unspecified atom stereocenters. The molecule has 0 radical (unpaired) electrons. The molecule has 0 saturated heterocycles. The van der Waals surface area contributed by atoms with Crippen LogP contribution in [0.1, 0.15) is 15.9 Å². The fourth-order valence-electron chi connectivity index (χ4n) is 2.74. The van der Waals surface area contributed by atoms with Gasteiger partial charge in [-0.25, -0.2) is 9.37 Å². The minimum absolute atomic E-state index is 0.249. The zero-order valence-corrected chi connectivity index (χ0v) is 16.6. The van der Waals surface area contributed by atoms with Crippen molar-refractivity contribution in [2.75, 3.05) is 4.90 Å². The number of rotatable bonds is 4. The van der Waals surface area contributed by atoms with E-state index in [4.69, 9.17) is 23.2 Å². The molecule has 0 aliphatic rings. The maximum atomic E-state index is 13.6. The zero-order valence-electron chi connectivity index (χ0n) is 14.3. The number of benzene rings is 2. The van der Waals surface area contributed by atoms with Gasteiger partial charge in [-0.05, 0) is 48.0 Å². The molecule has 2 aromatic carbocycles. The molecule has 4 nitrogen and oxygen atoms in total. The van der Waals surface area contributed by atoms with E-state index in [2.05, 4.69) is 9.97 Å². The Morgan fingerprint density at radius 3 is 2.61 bits per heavy atom. The number of anilines is 1. The second-order valence-corrected chi connectivity index (χ2v) is 7.90. The number of aromatic nitrogens is 2. The molecule has 0 fully saturated rings. The number of pyridine rings is 1. The van der Waals surface area contributed by atoms with Gasteiger partial charge in [0.25, 0.3) is 5.91 Å². The first-order chi connectivity index (χ1) is 13.5. The first-order valence-corrected chi connectivity index (χ1v) is 9.80. The number of halogens is 3. The summed E-state index contributed by atoms with van der Waals surface area (Å²) in [6.45, 7) is 0.249. The van der Waals surface area contributed by atoms with Crippen molar-refractivity contribution in [3.05, 3.63) is 87.9 Å². The van der Waals surface area contributed by atoms with Crippen molar-refractivity contribution in [3.8, 4) is 0 Å². The van der Waals surface area contributed by atoms with E-state index in [0.717, 1.165) is 5.56 Å². The van der Waals surface area contributed by atoms with Gasteiger partial charge in [-0.3, -0.25) is 14.7 Å². The number of nitrogens with zero attached hydrogens (tertiary/aromatic N) is 3. The minimum Gasteiger partial charge on any atom is -0.279 e. The lowest BCUT2D eigenvalue weighted by Crippen LogP contribution is -2.30. The summed E-state index contributed by atoms with van der Waals surface area (Å²) < 4.78 is 14.2. The molecule has 0 atom stereocenters. The standard InChI is InChI=1S/C20H12Cl2FN3OS/c21-14-6-13(7-15(22)8-14)19(27)26(11-12-2-1-5-24-10-12)20-25-17-4-3-16(23)9-18(17)28-20/h1-10H,11H2. The SMILES string of the molecule is O=C(c1cc(Cl)cc(Cl)c1)N(Cc1cccnc1)c1nc2ccc(F)cc2s1. The topological polar surface area (TPSA) is 46.1 Å². The Balaban J connectivity index is 1.79. The molecule has 0 bridgehead atoms. The van der Waals surface area contributed by atoms with Gasteiger partial charge in [0, 0.05) is 28.0 Å². The Hall–Kier alpha value is -2.54. The van der Waals surface area contributed by atoms with Gasteiger partial charge >= 0.3 is 0 Å². The highest BCUT2D eigenvalue weighted by molar-refractivity contribution is 7.22. The number of amides is 1. The van der Waals surface area contributed by atoms with E-state index in [1.807, 2.05) is 6.07 Å². The van der Waals surface area contributed by atoms with Crippen molar-refractivity contribution in [2.24, 2.45) is 0 Å². The molecule has 4 aromatic rings. The molecule has 1 amide bonds. The average Bonchev–Trinajstić information content (AvgIpc) is 3.08. The van der Waals surface area contributed by atoms with Crippen LogP contribution < -0.4 is 4.90 Å². The molecule has 0 saturated carbocycles. The molecule has 0 aliphatic carbocycles. The predicted molar refractivity (Wildman–Crippen MR) is 111 cm³/mol. The molecule has 2 heterocycles. The van der Waals surface area contributed by atoms with Crippen LogP contribution in [0.25, 0.3) is 10.2 Å². The summed E-state index contributed by atoms with van der Waals surface area (Å²) in [7, 11) is 0. The zero-order chi connectivity index (χ0) is 19.7. The lowest BCUT2D eigenvalue weighted by Gasteiger charge is -2.20. The molecule has 0 spiro atoms. The van der Waals surface area contributed by atoms with Gasteiger partial charge in [-0.1, -0.05) is 40.6 Å². The van der Waals surface area contributed by atoms with Crippen LogP contribution in [0.4, 0.5) is 9.52 Å². The largest absolute Gasteiger partial charge is 0.279 e. The van der Waals surface area contributed by atoms with E-state index in [9.17, 15) is 9.18 Å². The van der Waals surface area contributed by atoms with Crippen molar-refractivity contribution >= 4 is 55.8 Å². The maximum absolute atomic E-state index is 13.6. The Labute approximate surface area is 174 Å².